The van der Waals surface area contributed by atoms with Gasteiger partial charge in [-0.1, -0.05) is 17.3 Å². The van der Waals surface area contributed by atoms with E-state index < -0.39 is 5.97 Å². The van der Waals surface area contributed by atoms with Crippen molar-refractivity contribution in [3.05, 3.63) is 35.6 Å². The number of aromatic carboxylic acids is 1. The van der Waals surface area contributed by atoms with Crippen molar-refractivity contribution in [2.75, 3.05) is 18.5 Å². The Kier molecular flexibility index (Phi) is 2.74. The molecule has 2 aromatic rings. The quantitative estimate of drug-likeness (QED) is 0.896. The highest BCUT2D eigenvalue weighted by atomic mass is 16.5. The number of rotatable bonds is 2. The average Bonchev–Trinajstić information content (AvgIpc) is 2.89. The standard InChI is InChI=1S/C14H14N2O3/c1-16-6-2-3-9-4-5-10(7-12(9)16)11-8-13(14(17)18)19-15-11/h4-5,7-8H,2-3,6H2,1H3,(H,17,18). The van der Waals surface area contributed by atoms with Gasteiger partial charge in [-0.2, -0.15) is 0 Å². The van der Waals surface area contributed by atoms with Crippen LogP contribution in [-0.4, -0.2) is 29.8 Å². The molecular weight excluding hydrogens is 244 g/mol. The van der Waals surface area contributed by atoms with Crippen LogP contribution < -0.4 is 4.90 Å². The van der Waals surface area contributed by atoms with Crippen LogP contribution in [0.2, 0.25) is 0 Å². The minimum Gasteiger partial charge on any atom is -0.475 e. The van der Waals surface area contributed by atoms with Crippen LogP contribution in [0.5, 0.6) is 0 Å². The maximum Gasteiger partial charge on any atom is 0.374 e. The molecule has 0 saturated carbocycles. The predicted molar refractivity (Wildman–Crippen MR) is 70.5 cm³/mol. The number of anilines is 1. The molecule has 0 fully saturated rings. The van der Waals surface area contributed by atoms with E-state index >= 15 is 0 Å². The molecule has 5 heteroatoms. The van der Waals surface area contributed by atoms with Gasteiger partial charge >= 0.3 is 5.97 Å². The summed E-state index contributed by atoms with van der Waals surface area (Å²) in [5, 5.41) is 12.6. The van der Waals surface area contributed by atoms with Crippen LogP contribution in [0.15, 0.2) is 28.8 Å². The largest absolute Gasteiger partial charge is 0.475 e. The lowest BCUT2D eigenvalue weighted by atomic mass is 9.99. The lowest BCUT2D eigenvalue weighted by Crippen LogP contribution is -2.24. The van der Waals surface area contributed by atoms with E-state index in [1.807, 2.05) is 12.1 Å². The number of fused-ring (bicyclic) bond motifs is 1. The SMILES string of the molecule is CN1CCCc2ccc(-c3cc(C(=O)O)on3)cc21. The van der Waals surface area contributed by atoms with Gasteiger partial charge in [0.1, 0.15) is 5.69 Å². The Balaban J connectivity index is 2.01. The minimum atomic E-state index is -1.10. The maximum atomic E-state index is 10.8. The first-order valence-corrected chi connectivity index (χ1v) is 6.19. The zero-order valence-electron chi connectivity index (χ0n) is 10.6. The van der Waals surface area contributed by atoms with E-state index in [4.69, 9.17) is 9.63 Å². The van der Waals surface area contributed by atoms with Gasteiger partial charge in [-0.25, -0.2) is 4.79 Å². The van der Waals surface area contributed by atoms with Gasteiger partial charge in [0.2, 0.25) is 5.76 Å². The molecule has 5 nitrogen and oxygen atoms in total. The van der Waals surface area contributed by atoms with Gasteiger partial charge in [0, 0.05) is 30.9 Å². The van der Waals surface area contributed by atoms with E-state index in [9.17, 15) is 4.79 Å². The Morgan fingerprint density at radius 1 is 1.42 bits per heavy atom. The van der Waals surface area contributed by atoms with E-state index in [0.29, 0.717) is 5.69 Å². The number of carbonyl (C=O) groups is 1. The van der Waals surface area contributed by atoms with Crippen molar-refractivity contribution in [3.8, 4) is 11.3 Å². The summed E-state index contributed by atoms with van der Waals surface area (Å²) in [4.78, 5) is 13.0. The van der Waals surface area contributed by atoms with Crippen LogP contribution in [0.25, 0.3) is 11.3 Å². The Hall–Kier alpha value is -2.30. The number of aromatic nitrogens is 1. The lowest BCUT2D eigenvalue weighted by molar-refractivity contribution is 0.0652. The van der Waals surface area contributed by atoms with E-state index in [0.717, 1.165) is 24.9 Å². The molecule has 1 aliphatic rings. The summed E-state index contributed by atoms with van der Waals surface area (Å²) < 4.78 is 4.79. The van der Waals surface area contributed by atoms with E-state index in [1.165, 1.54) is 17.3 Å². The molecule has 0 saturated heterocycles. The van der Waals surface area contributed by atoms with Crippen LogP contribution >= 0.6 is 0 Å². The second-order valence-corrected chi connectivity index (χ2v) is 4.75. The molecule has 0 unspecified atom stereocenters. The molecule has 0 radical (unpaired) electrons. The molecule has 0 aliphatic carbocycles. The highest BCUT2D eigenvalue weighted by Crippen LogP contribution is 2.31. The first-order valence-electron chi connectivity index (χ1n) is 6.19. The van der Waals surface area contributed by atoms with Crippen molar-refractivity contribution in [1.82, 2.24) is 5.16 Å². The van der Waals surface area contributed by atoms with Gasteiger partial charge in [-0.3, -0.25) is 0 Å². The van der Waals surface area contributed by atoms with Crippen molar-refractivity contribution >= 4 is 11.7 Å². The van der Waals surface area contributed by atoms with Crippen molar-refractivity contribution in [2.45, 2.75) is 12.8 Å². The van der Waals surface area contributed by atoms with Gasteiger partial charge in [0.25, 0.3) is 0 Å². The smallest absolute Gasteiger partial charge is 0.374 e. The van der Waals surface area contributed by atoms with E-state index in [-0.39, 0.29) is 5.76 Å². The van der Waals surface area contributed by atoms with Gasteiger partial charge in [-0.05, 0) is 24.5 Å². The summed E-state index contributed by atoms with van der Waals surface area (Å²) in [6.07, 6.45) is 2.25. The Bertz CT molecular complexity index is 633. The Morgan fingerprint density at radius 3 is 3.00 bits per heavy atom. The summed E-state index contributed by atoms with van der Waals surface area (Å²) in [5.41, 5.74) is 3.94. The third-order valence-electron chi connectivity index (χ3n) is 3.45. The molecule has 2 heterocycles. The molecule has 1 N–H and O–H groups in total. The van der Waals surface area contributed by atoms with Crippen LogP contribution in [-0.2, 0) is 6.42 Å². The van der Waals surface area contributed by atoms with Gasteiger partial charge in [0.15, 0.2) is 0 Å². The number of benzene rings is 1. The molecule has 0 amide bonds. The summed E-state index contributed by atoms with van der Waals surface area (Å²) in [5.74, 6) is -1.24. The van der Waals surface area contributed by atoms with Crippen LogP contribution in [0, 0.1) is 0 Å². The molecule has 1 aliphatic heterocycles. The Morgan fingerprint density at radius 2 is 2.26 bits per heavy atom. The zero-order valence-corrected chi connectivity index (χ0v) is 10.6. The van der Waals surface area contributed by atoms with Gasteiger partial charge in [-0.15, -0.1) is 0 Å². The number of aryl methyl sites for hydroxylation is 1. The van der Waals surface area contributed by atoms with Crippen LogP contribution in [0.3, 0.4) is 0 Å². The number of carboxylic acids is 1. The minimum absolute atomic E-state index is 0.138. The first-order chi connectivity index (χ1) is 9.15. The zero-order chi connectivity index (χ0) is 13.4. The van der Waals surface area contributed by atoms with Gasteiger partial charge < -0.3 is 14.5 Å². The Labute approximate surface area is 110 Å². The average molecular weight is 258 g/mol. The number of nitrogens with zero attached hydrogens (tertiary/aromatic N) is 2. The fourth-order valence-electron chi connectivity index (χ4n) is 2.43. The molecule has 19 heavy (non-hydrogen) atoms. The molecule has 0 atom stereocenters. The first kappa shape index (κ1) is 11.8. The predicted octanol–water partition coefficient (Wildman–Crippen LogP) is 2.42. The van der Waals surface area contributed by atoms with Crippen molar-refractivity contribution in [3.63, 3.8) is 0 Å². The van der Waals surface area contributed by atoms with Gasteiger partial charge in [0.05, 0.1) is 0 Å². The molecular formula is C14H14N2O3. The summed E-state index contributed by atoms with van der Waals surface area (Å²) in [6, 6.07) is 7.53. The maximum absolute atomic E-state index is 10.8. The molecule has 0 spiro atoms. The number of carboxylic acid groups (broad SMARTS) is 1. The van der Waals surface area contributed by atoms with Crippen LogP contribution in [0.4, 0.5) is 5.69 Å². The third kappa shape index (κ3) is 2.07. The fraction of sp³-hybridized carbons (Fsp3) is 0.286. The molecule has 0 bridgehead atoms. The number of hydrogen-bond acceptors (Lipinski definition) is 4. The normalized spacial score (nSPS) is 14.3. The monoisotopic (exact) mass is 258 g/mol. The molecule has 1 aromatic heterocycles. The summed E-state index contributed by atoms with van der Waals surface area (Å²) >= 11 is 0. The molecule has 3 rings (SSSR count). The van der Waals surface area contributed by atoms with Crippen molar-refractivity contribution in [2.24, 2.45) is 0 Å². The van der Waals surface area contributed by atoms with E-state index in [2.05, 4.69) is 23.2 Å². The molecule has 98 valence electrons. The second-order valence-electron chi connectivity index (χ2n) is 4.75. The topological polar surface area (TPSA) is 66.6 Å². The highest BCUT2D eigenvalue weighted by molar-refractivity contribution is 5.86. The van der Waals surface area contributed by atoms with Crippen molar-refractivity contribution in [1.29, 1.82) is 0 Å². The van der Waals surface area contributed by atoms with Crippen molar-refractivity contribution < 1.29 is 14.4 Å². The number of hydrogen-bond donors (Lipinski definition) is 1. The fourth-order valence-corrected chi connectivity index (χ4v) is 2.43. The van der Waals surface area contributed by atoms with Crippen LogP contribution in [0.1, 0.15) is 22.5 Å². The lowest BCUT2D eigenvalue weighted by Gasteiger charge is -2.27. The van der Waals surface area contributed by atoms with E-state index in [1.54, 1.807) is 0 Å². The molecule has 1 aromatic carbocycles. The summed E-state index contributed by atoms with van der Waals surface area (Å²) in [6.45, 7) is 1.04. The third-order valence-corrected chi connectivity index (χ3v) is 3.45. The highest BCUT2D eigenvalue weighted by Gasteiger charge is 2.17. The summed E-state index contributed by atoms with van der Waals surface area (Å²) in [7, 11) is 2.06. The second kappa shape index (κ2) is 4.42.